The molecule has 1 N–H and O–H groups in total. The molecule has 98 valence electrons. The van der Waals surface area contributed by atoms with E-state index in [4.69, 9.17) is 0 Å². The van der Waals surface area contributed by atoms with Crippen LogP contribution in [0.3, 0.4) is 0 Å². The fraction of sp³-hybridized carbons (Fsp3) is 0.538. The highest BCUT2D eigenvalue weighted by atomic mass is 16.6. The quantitative estimate of drug-likeness (QED) is 0.643. The lowest BCUT2D eigenvalue weighted by Crippen LogP contribution is -2.34. The van der Waals surface area contributed by atoms with Crippen LogP contribution in [0.25, 0.3) is 0 Å². The normalized spacial score (nSPS) is 19.9. The Labute approximate surface area is 107 Å². The molecule has 1 unspecified atom stereocenters. The fourth-order valence-electron chi connectivity index (χ4n) is 2.51. The number of nitrogens with one attached hydrogen (secondary N) is 1. The second kappa shape index (κ2) is 5.82. The van der Waals surface area contributed by atoms with Crippen molar-refractivity contribution in [3.8, 4) is 0 Å². The lowest BCUT2D eigenvalue weighted by atomic mass is 10.2. The summed E-state index contributed by atoms with van der Waals surface area (Å²) in [6.45, 7) is 5.26. The first-order chi connectivity index (χ1) is 8.70. The van der Waals surface area contributed by atoms with Crippen LogP contribution in [0.4, 0.5) is 11.4 Å². The molecule has 0 aliphatic carbocycles. The molecule has 0 spiro atoms. The number of non-ortho nitro benzene ring substituents is 1. The molecule has 1 fully saturated rings. The van der Waals surface area contributed by atoms with E-state index < -0.39 is 0 Å². The molecule has 1 aromatic carbocycles. The number of rotatable bonds is 5. The number of nitrogens with zero attached hydrogens (tertiary/aromatic N) is 2. The van der Waals surface area contributed by atoms with Crippen molar-refractivity contribution in [2.45, 2.75) is 25.8 Å². The Morgan fingerprint density at radius 3 is 3.11 bits per heavy atom. The first-order valence-electron chi connectivity index (χ1n) is 6.43. The van der Waals surface area contributed by atoms with Gasteiger partial charge in [0.15, 0.2) is 0 Å². The molecule has 0 bridgehead atoms. The number of anilines is 1. The van der Waals surface area contributed by atoms with Gasteiger partial charge in [0, 0.05) is 30.4 Å². The molecule has 0 saturated carbocycles. The molecule has 2 rings (SSSR count). The fourth-order valence-corrected chi connectivity index (χ4v) is 2.51. The van der Waals surface area contributed by atoms with Crippen LogP contribution in [-0.4, -0.2) is 35.5 Å². The molecule has 5 heteroatoms. The van der Waals surface area contributed by atoms with E-state index in [0.29, 0.717) is 6.04 Å². The molecule has 0 amide bonds. The summed E-state index contributed by atoms with van der Waals surface area (Å²) in [5.41, 5.74) is 0.964. The van der Waals surface area contributed by atoms with E-state index in [2.05, 4.69) is 17.1 Å². The smallest absolute Gasteiger partial charge is 0.271 e. The summed E-state index contributed by atoms with van der Waals surface area (Å²) in [5.74, 6) is 0. The van der Waals surface area contributed by atoms with Crippen molar-refractivity contribution in [1.82, 2.24) is 4.90 Å². The summed E-state index contributed by atoms with van der Waals surface area (Å²) >= 11 is 0. The van der Waals surface area contributed by atoms with Gasteiger partial charge in [0.05, 0.1) is 4.92 Å². The summed E-state index contributed by atoms with van der Waals surface area (Å²) in [4.78, 5) is 12.8. The van der Waals surface area contributed by atoms with Crippen LogP contribution in [0.1, 0.15) is 19.8 Å². The SMILES string of the molecule is CCN1CCCC1CNc1cccc([N+](=O)[O-])c1. The summed E-state index contributed by atoms with van der Waals surface area (Å²) in [6, 6.07) is 7.24. The number of likely N-dealkylation sites (tertiary alicyclic amines) is 1. The number of likely N-dealkylation sites (N-methyl/N-ethyl adjacent to an activating group) is 1. The molecule has 1 aliphatic rings. The Balaban J connectivity index is 1.93. The summed E-state index contributed by atoms with van der Waals surface area (Å²) in [5, 5.41) is 14.0. The second-order valence-corrected chi connectivity index (χ2v) is 4.61. The van der Waals surface area contributed by atoms with Gasteiger partial charge in [0.1, 0.15) is 0 Å². The van der Waals surface area contributed by atoms with Gasteiger partial charge < -0.3 is 5.32 Å². The van der Waals surface area contributed by atoms with Crippen molar-refractivity contribution in [3.05, 3.63) is 34.4 Å². The van der Waals surface area contributed by atoms with Crippen molar-refractivity contribution in [3.63, 3.8) is 0 Å². The third-order valence-electron chi connectivity index (χ3n) is 3.50. The van der Waals surface area contributed by atoms with E-state index in [0.717, 1.165) is 25.3 Å². The van der Waals surface area contributed by atoms with Crippen molar-refractivity contribution < 1.29 is 4.92 Å². The molecule has 5 nitrogen and oxygen atoms in total. The van der Waals surface area contributed by atoms with Crippen LogP contribution < -0.4 is 5.32 Å². The molecular formula is C13H19N3O2. The van der Waals surface area contributed by atoms with Gasteiger partial charge in [-0.2, -0.15) is 0 Å². The van der Waals surface area contributed by atoms with Crippen molar-refractivity contribution in [2.24, 2.45) is 0 Å². The van der Waals surface area contributed by atoms with Gasteiger partial charge in [-0.3, -0.25) is 15.0 Å². The Morgan fingerprint density at radius 2 is 2.39 bits per heavy atom. The maximum absolute atomic E-state index is 10.7. The maximum Gasteiger partial charge on any atom is 0.271 e. The minimum Gasteiger partial charge on any atom is -0.383 e. The van der Waals surface area contributed by atoms with Crippen molar-refractivity contribution in [1.29, 1.82) is 0 Å². The second-order valence-electron chi connectivity index (χ2n) is 4.61. The first-order valence-corrected chi connectivity index (χ1v) is 6.43. The van der Waals surface area contributed by atoms with Gasteiger partial charge in [-0.05, 0) is 32.0 Å². The molecule has 1 aromatic rings. The zero-order chi connectivity index (χ0) is 13.0. The van der Waals surface area contributed by atoms with Crippen LogP contribution in [0.5, 0.6) is 0 Å². The zero-order valence-electron chi connectivity index (χ0n) is 10.6. The van der Waals surface area contributed by atoms with Crippen LogP contribution in [0.2, 0.25) is 0 Å². The minimum absolute atomic E-state index is 0.138. The number of benzene rings is 1. The van der Waals surface area contributed by atoms with Crippen molar-refractivity contribution in [2.75, 3.05) is 25.0 Å². The third-order valence-corrected chi connectivity index (χ3v) is 3.50. The van der Waals surface area contributed by atoms with Gasteiger partial charge in [-0.25, -0.2) is 0 Å². The lowest BCUT2D eigenvalue weighted by Gasteiger charge is -2.23. The Bertz CT molecular complexity index is 422. The molecular weight excluding hydrogens is 230 g/mol. The van der Waals surface area contributed by atoms with E-state index in [9.17, 15) is 10.1 Å². The molecule has 1 aliphatic heterocycles. The average molecular weight is 249 g/mol. The largest absolute Gasteiger partial charge is 0.383 e. The molecule has 18 heavy (non-hydrogen) atoms. The monoisotopic (exact) mass is 249 g/mol. The van der Waals surface area contributed by atoms with E-state index in [-0.39, 0.29) is 10.6 Å². The summed E-state index contributed by atoms with van der Waals surface area (Å²) < 4.78 is 0. The number of nitro groups is 1. The lowest BCUT2D eigenvalue weighted by molar-refractivity contribution is -0.384. The summed E-state index contributed by atoms with van der Waals surface area (Å²) in [7, 11) is 0. The van der Waals surface area contributed by atoms with Crippen LogP contribution >= 0.6 is 0 Å². The highest BCUT2D eigenvalue weighted by Crippen LogP contribution is 2.20. The molecule has 1 heterocycles. The molecule has 1 atom stereocenters. The van der Waals surface area contributed by atoms with E-state index >= 15 is 0 Å². The van der Waals surface area contributed by atoms with Gasteiger partial charge in [-0.15, -0.1) is 0 Å². The highest BCUT2D eigenvalue weighted by Gasteiger charge is 2.22. The Kier molecular flexibility index (Phi) is 4.15. The molecule has 0 aromatic heterocycles. The van der Waals surface area contributed by atoms with Gasteiger partial charge in [-0.1, -0.05) is 13.0 Å². The average Bonchev–Trinajstić information content (AvgIpc) is 2.84. The minimum atomic E-state index is -0.362. The van der Waals surface area contributed by atoms with Crippen LogP contribution in [0.15, 0.2) is 24.3 Å². The standard InChI is InChI=1S/C13H19N3O2/c1-2-15-8-4-7-13(15)10-14-11-5-3-6-12(9-11)16(17)18/h3,5-6,9,13-14H,2,4,7-8,10H2,1H3. The first kappa shape index (κ1) is 12.8. The molecule has 1 saturated heterocycles. The third kappa shape index (κ3) is 2.98. The number of nitro benzene ring substituents is 1. The predicted octanol–water partition coefficient (Wildman–Crippen LogP) is 2.49. The zero-order valence-corrected chi connectivity index (χ0v) is 10.6. The molecule has 0 radical (unpaired) electrons. The van der Waals surface area contributed by atoms with Gasteiger partial charge >= 0.3 is 0 Å². The number of hydrogen-bond donors (Lipinski definition) is 1. The van der Waals surface area contributed by atoms with Gasteiger partial charge in [0.25, 0.3) is 5.69 Å². The van der Waals surface area contributed by atoms with Crippen LogP contribution in [0, 0.1) is 10.1 Å². The van der Waals surface area contributed by atoms with Crippen LogP contribution in [-0.2, 0) is 0 Å². The van der Waals surface area contributed by atoms with E-state index in [1.807, 2.05) is 6.07 Å². The van der Waals surface area contributed by atoms with Crippen molar-refractivity contribution >= 4 is 11.4 Å². The predicted molar refractivity (Wildman–Crippen MR) is 71.9 cm³/mol. The van der Waals surface area contributed by atoms with E-state index in [1.54, 1.807) is 12.1 Å². The Hall–Kier alpha value is -1.62. The van der Waals surface area contributed by atoms with Gasteiger partial charge in [0.2, 0.25) is 0 Å². The highest BCUT2D eigenvalue weighted by molar-refractivity contribution is 5.51. The Morgan fingerprint density at radius 1 is 1.56 bits per heavy atom. The topological polar surface area (TPSA) is 58.4 Å². The number of hydrogen-bond acceptors (Lipinski definition) is 4. The van der Waals surface area contributed by atoms with E-state index in [1.165, 1.54) is 18.9 Å². The summed E-state index contributed by atoms with van der Waals surface area (Å²) in [6.07, 6.45) is 2.45. The maximum atomic E-state index is 10.7.